The summed E-state index contributed by atoms with van der Waals surface area (Å²) in [6.45, 7) is 9.78. The van der Waals surface area contributed by atoms with Crippen molar-refractivity contribution in [2.24, 2.45) is 17.8 Å². The number of alkyl halides is 3. The molecule has 2 aromatic rings. The molecule has 0 aromatic carbocycles. The Kier molecular flexibility index (Phi) is 11.7. The highest BCUT2D eigenvalue weighted by Gasteiger charge is 2.63. The molecule has 324 valence electrons. The number of carbonyl (C=O) groups is 4. The lowest BCUT2D eigenvalue weighted by molar-refractivity contribution is -0.146. The predicted molar refractivity (Wildman–Crippen MR) is 206 cm³/mol. The van der Waals surface area contributed by atoms with Crippen LogP contribution in [-0.2, 0) is 30.6 Å². The van der Waals surface area contributed by atoms with E-state index in [1.807, 2.05) is 19.9 Å². The van der Waals surface area contributed by atoms with Crippen LogP contribution in [0.4, 0.5) is 18.0 Å². The van der Waals surface area contributed by atoms with Crippen LogP contribution in [-0.4, -0.2) is 110 Å². The van der Waals surface area contributed by atoms with E-state index in [1.165, 1.54) is 20.1 Å². The topological polar surface area (TPSA) is 210 Å². The van der Waals surface area contributed by atoms with Crippen molar-refractivity contribution >= 4 is 44.9 Å². The third-order valence-corrected chi connectivity index (χ3v) is 14.2. The van der Waals surface area contributed by atoms with Crippen molar-refractivity contribution in [3.63, 3.8) is 0 Å². The Hall–Kier alpha value is -4.75. The average molecular weight is 852 g/mol. The first-order chi connectivity index (χ1) is 27.4. The van der Waals surface area contributed by atoms with Crippen molar-refractivity contribution in [1.82, 2.24) is 34.8 Å². The molecule has 0 unspecified atom stereocenters. The maximum absolute atomic E-state index is 15.1. The number of carboxylic acid groups (broad SMARTS) is 1. The second-order valence-corrected chi connectivity index (χ2v) is 19.7. The number of methoxy groups -OCH3 is 1. The Morgan fingerprint density at radius 1 is 1.14 bits per heavy atom. The molecular weight excluding hydrogens is 800 g/mol. The summed E-state index contributed by atoms with van der Waals surface area (Å²) in [5.41, 5.74) is -4.56. The molecule has 2 aliphatic carbocycles. The Morgan fingerprint density at radius 2 is 1.83 bits per heavy atom. The van der Waals surface area contributed by atoms with Crippen molar-refractivity contribution in [1.29, 1.82) is 0 Å². The van der Waals surface area contributed by atoms with Crippen molar-refractivity contribution in [3.8, 4) is 11.8 Å². The normalized spacial score (nSPS) is 28.7. The summed E-state index contributed by atoms with van der Waals surface area (Å²) in [5.74, 6) is -4.71. The Balaban J connectivity index is 1.43. The molecule has 2 saturated carbocycles. The van der Waals surface area contributed by atoms with Crippen LogP contribution in [0.5, 0.6) is 11.8 Å². The number of nitrogens with one attached hydrogen (secondary N) is 2. The Labute approximate surface area is 340 Å². The van der Waals surface area contributed by atoms with Gasteiger partial charge in [0.2, 0.25) is 39.3 Å². The fourth-order valence-corrected chi connectivity index (χ4v) is 9.53. The summed E-state index contributed by atoms with van der Waals surface area (Å²) < 4.78 is 81.9. The minimum atomic E-state index is -5.06. The molecule has 1 saturated heterocycles. The fourth-order valence-electron chi connectivity index (χ4n) is 8.21. The van der Waals surface area contributed by atoms with Crippen molar-refractivity contribution in [2.75, 3.05) is 13.7 Å². The number of carbonyl (C=O) groups excluding carboxylic acids is 3. The fraction of sp³-hybridized carbons (Fsp3) is 0.667. The smallest absolute Gasteiger partial charge is 0.438 e. The molecule has 0 spiro atoms. The number of hydrogen-bond donors (Lipinski definition) is 3. The van der Waals surface area contributed by atoms with Crippen LogP contribution in [0.3, 0.4) is 0 Å². The van der Waals surface area contributed by atoms with Gasteiger partial charge in [0.1, 0.15) is 29.2 Å². The van der Waals surface area contributed by atoms with E-state index >= 15 is 4.79 Å². The number of amides is 4. The first kappa shape index (κ1) is 43.8. The first-order valence-corrected chi connectivity index (χ1v) is 21.3. The zero-order valence-electron chi connectivity index (χ0n) is 34.1. The molecule has 6 rings (SSSR count). The van der Waals surface area contributed by atoms with E-state index in [9.17, 15) is 41.1 Å². The summed E-state index contributed by atoms with van der Waals surface area (Å²) in [6, 6.07) is -1.66. The highest BCUT2D eigenvalue weighted by atomic mass is 32.2. The number of halogens is 3. The maximum Gasteiger partial charge on any atom is 0.438 e. The summed E-state index contributed by atoms with van der Waals surface area (Å²) >= 11 is 0. The van der Waals surface area contributed by atoms with Crippen LogP contribution in [0.1, 0.15) is 98.6 Å². The molecule has 0 bridgehead atoms. The van der Waals surface area contributed by atoms with Gasteiger partial charge in [-0.15, -0.1) is 0 Å². The molecule has 2 aliphatic heterocycles. The number of sulfonamides is 1. The lowest BCUT2D eigenvalue weighted by atomic mass is 9.82. The number of fused-ring (bicyclic) bond motifs is 3. The number of aromatic nitrogens is 3. The van der Waals surface area contributed by atoms with Crippen LogP contribution in [0.2, 0.25) is 0 Å². The summed E-state index contributed by atoms with van der Waals surface area (Å²) in [5, 5.41) is 13.4. The average Bonchev–Trinajstić information content (AvgIpc) is 4.02. The monoisotopic (exact) mass is 851 g/mol. The van der Waals surface area contributed by atoms with E-state index < -0.39 is 110 Å². The van der Waals surface area contributed by atoms with Gasteiger partial charge in [0.15, 0.2) is 0 Å². The van der Waals surface area contributed by atoms with Gasteiger partial charge in [0, 0.05) is 23.9 Å². The highest BCUT2D eigenvalue weighted by molar-refractivity contribution is 7.91. The number of pyridine rings is 1. The quantitative estimate of drug-likeness (QED) is 0.305. The van der Waals surface area contributed by atoms with Crippen LogP contribution < -0.4 is 19.5 Å². The van der Waals surface area contributed by atoms with Gasteiger partial charge in [0.05, 0.1) is 30.1 Å². The third kappa shape index (κ3) is 8.77. The largest absolute Gasteiger partial charge is 0.481 e. The lowest BCUT2D eigenvalue weighted by Crippen LogP contribution is -2.62. The van der Waals surface area contributed by atoms with Gasteiger partial charge in [-0.05, 0) is 78.1 Å². The van der Waals surface area contributed by atoms with E-state index in [4.69, 9.17) is 9.47 Å². The second kappa shape index (κ2) is 15.7. The minimum Gasteiger partial charge on any atom is -0.481 e. The standard InChI is InChI=1S/C39H52F3N7O9S/c1-8-22-15-21(2)11-9-10-12-23-18-38(23,34(52)47-59(55,56)37(6)13-14-37)46-31(50)27-16-24(20-48(27)33(51)29(22)49(35(53)54)36(3,4)5)58-32-30(39(40,41)42)44-25-17-28(57-7)43-19-26(25)45-32/h10,12,17,19,21-24,27,29H,8-9,11,13-16,18,20H2,1-7H3,(H,46,50)(H,47,52)(H,53,54)/t21-,22-,23-,24-,27+,29+,38-/m1/s1. The van der Waals surface area contributed by atoms with Gasteiger partial charge in [-0.25, -0.2) is 28.2 Å². The Morgan fingerprint density at radius 3 is 2.42 bits per heavy atom. The van der Waals surface area contributed by atoms with E-state index in [0.29, 0.717) is 38.5 Å². The molecule has 4 heterocycles. The number of rotatable bonds is 8. The van der Waals surface area contributed by atoms with Crippen molar-refractivity contribution in [3.05, 3.63) is 30.1 Å². The van der Waals surface area contributed by atoms with Crippen LogP contribution in [0.15, 0.2) is 24.4 Å². The van der Waals surface area contributed by atoms with Gasteiger partial charge >= 0.3 is 12.3 Å². The molecule has 4 amide bonds. The predicted octanol–water partition coefficient (Wildman–Crippen LogP) is 4.82. The summed E-state index contributed by atoms with van der Waals surface area (Å²) in [7, 11) is -2.84. The van der Waals surface area contributed by atoms with E-state index in [2.05, 4.69) is 25.0 Å². The molecule has 4 aliphatic rings. The molecule has 16 nitrogen and oxygen atoms in total. The van der Waals surface area contributed by atoms with Gasteiger partial charge in [-0.2, -0.15) is 13.2 Å². The summed E-state index contributed by atoms with van der Waals surface area (Å²) in [4.78, 5) is 70.7. The molecular formula is C39H52F3N7O9S. The lowest BCUT2D eigenvalue weighted by Gasteiger charge is -2.44. The second-order valence-electron chi connectivity index (χ2n) is 17.5. The molecule has 0 radical (unpaired) electrons. The van der Waals surface area contributed by atoms with Crippen molar-refractivity contribution < 1.29 is 55.3 Å². The van der Waals surface area contributed by atoms with Crippen molar-refractivity contribution in [2.45, 2.75) is 133 Å². The SMILES string of the molecule is CC[C@@H]1C[C@H](C)CCC=C[C@@H]2C[C@@]2(C(=O)NS(=O)(=O)C2(C)CC2)NC(=O)[C@@H]2C[C@@H](Oc3nc4cnc(OC)cc4nc3C(F)(F)F)CN2C(=O)[C@H]1N(C(=O)O)C(C)(C)C. The molecule has 7 atom stereocenters. The molecule has 2 aromatic heterocycles. The maximum atomic E-state index is 15.1. The first-order valence-electron chi connectivity index (χ1n) is 19.8. The highest BCUT2D eigenvalue weighted by Crippen LogP contribution is 2.48. The van der Waals surface area contributed by atoms with Crippen LogP contribution in [0.25, 0.3) is 11.0 Å². The summed E-state index contributed by atoms with van der Waals surface area (Å²) in [6.07, 6.45) is -0.627. The number of allylic oxidation sites excluding steroid dienone is 1. The molecule has 3 fully saturated rings. The van der Waals surface area contributed by atoms with E-state index in [-0.39, 0.29) is 29.3 Å². The van der Waals surface area contributed by atoms with Crippen LogP contribution in [0, 0.1) is 17.8 Å². The number of ether oxygens (including phenoxy) is 2. The zero-order valence-corrected chi connectivity index (χ0v) is 34.9. The molecule has 20 heteroatoms. The van der Waals surface area contributed by atoms with E-state index in [0.717, 1.165) is 16.0 Å². The zero-order chi connectivity index (χ0) is 43.5. The minimum absolute atomic E-state index is 0.00226. The number of nitrogens with zero attached hydrogens (tertiary/aromatic N) is 5. The van der Waals surface area contributed by atoms with Gasteiger partial charge in [-0.1, -0.05) is 32.4 Å². The van der Waals surface area contributed by atoms with Gasteiger partial charge in [0.25, 0.3) is 5.91 Å². The molecule has 3 N–H and O–H groups in total. The van der Waals surface area contributed by atoms with Gasteiger partial charge in [-0.3, -0.25) is 24.0 Å². The van der Waals surface area contributed by atoms with E-state index in [1.54, 1.807) is 26.8 Å². The van der Waals surface area contributed by atoms with Gasteiger partial charge < -0.3 is 24.8 Å². The molecule has 59 heavy (non-hydrogen) atoms. The number of hydrogen-bond acceptors (Lipinski definition) is 11. The third-order valence-electron chi connectivity index (χ3n) is 12.0. The van der Waals surface area contributed by atoms with Crippen LogP contribution >= 0.6 is 0 Å². The Bertz CT molecular complexity index is 2140.